The molecule has 0 amide bonds. The van der Waals surface area contributed by atoms with Crippen LogP contribution in [0, 0.1) is 5.92 Å². The summed E-state index contributed by atoms with van der Waals surface area (Å²) in [5, 5.41) is 9.75. The summed E-state index contributed by atoms with van der Waals surface area (Å²) in [6, 6.07) is 2.92. The Morgan fingerprint density at radius 1 is 0.833 bits per heavy atom. The lowest BCUT2D eigenvalue weighted by Crippen LogP contribution is -2.38. The molecule has 236 valence electrons. The van der Waals surface area contributed by atoms with Gasteiger partial charge in [0.05, 0.1) is 12.0 Å². The van der Waals surface area contributed by atoms with Crippen LogP contribution in [0.25, 0.3) is 0 Å². The summed E-state index contributed by atoms with van der Waals surface area (Å²) >= 11 is 0. The molecule has 1 aliphatic rings. The molecule has 1 aliphatic carbocycles. The highest BCUT2D eigenvalue weighted by Gasteiger charge is 2.32. The van der Waals surface area contributed by atoms with Gasteiger partial charge >= 0.3 is 24.2 Å². The molecule has 0 heterocycles. The van der Waals surface area contributed by atoms with Crippen molar-refractivity contribution in [3.05, 3.63) is 23.8 Å². The zero-order valence-electron chi connectivity index (χ0n) is 25.5. The van der Waals surface area contributed by atoms with E-state index < -0.39 is 42.4 Å². The van der Waals surface area contributed by atoms with Crippen molar-refractivity contribution in [1.82, 2.24) is 0 Å². The maximum atomic E-state index is 12.7. The van der Waals surface area contributed by atoms with Gasteiger partial charge in [-0.05, 0) is 70.6 Å². The predicted octanol–water partition coefficient (Wildman–Crippen LogP) is 6.49. The average molecular weight is 594 g/mol. The van der Waals surface area contributed by atoms with Crippen molar-refractivity contribution < 1.29 is 48.0 Å². The Morgan fingerprint density at radius 3 is 1.90 bits per heavy atom. The van der Waals surface area contributed by atoms with Gasteiger partial charge in [0.1, 0.15) is 18.2 Å². The number of ether oxygens (including phenoxy) is 5. The first-order valence-electron chi connectivity index (χ1n) is 15.0. The molecule has 1 aromatic rings. The molecule has 11 nitrogen and oxygen atoms in total. The molecule has 0 radical (unpaired) electrons. The van der Waals surface area contributed by atoms with Gasteiger partial charge in [-0.3, -0.25) is 9.59 Å². The maximum absolute atomic E-state index is 12.7. The second-order valence-electron chi connectivity index (χ2n) is 11.1. The summed E-state index contributed by atoms with van der Waals surface area (Å²) < 4.78 is 27.0. The largest absolute Gasteiger partial charge is 0.514 e. The number of carbonyl (C=O) groups excluding carboxylic acids is 3. The molecule has 0 bridgehead atoms. The van der Waals surface area contributed by atoms with E-state index in [1.807, 2.05) is 13.8 Å². The maximum Gasteiger partial charge on any atom is 0.514 e. The van der Waals surface area contributed by atoms with E-state index in [9.17, 15) is 24.3 Å². The number of benzene rings is 1. The van der Waals surface area contributed by atoms with E-state index in [4.69, 9.17) is 29.4 Å². The van der Waals surface area contributed by atoms with Crippen LogP contribution in [0.2, 0.25) is 0 Å². The lowest BCUT2D eigenvalue weighted by Gasteiger charge is -2.27. The Bertz CT molecular complexity index is 1040. The van der Waals surface area contributed by atoms with Crippen molar-refractivity contribution in [3.8, 4) is 11.5 Å². The smallest absolute Gasteiger partial charge is 0.480 e. The molecule has 0 aliphatic heterocycles. The fourth-order valence-corrected chi connectivity index (χ4v) is 5.11. The molecule has 0 spiro atoms. The van der Waals surface area contributed by atoms with Crippen LogP contribution in [0.15, 0.2) is 18.2 Å². The summed E-state index contributed by atoms with van der Waals surface area (Å²) in [7, 11) is 0. The monoisotopic (exact) mass is 593 g/mol. The lowest BCUT2D eigenvalue weighted by atomic mass is 9.86. The Kier molecular flexibility index (Phi) is 14.6. The van der Waals surface area contributed by atoms with Crippen LogP contribution in [0.3, 0.4) is 0 Å². The number of carboxylic acids is 1. The first-order valence-corrected chi connectivity index (χ1v) is 15.0. The standard InChI is InChI=1S/C31H47NO10/c1-6-11-19(3)39-30(36)41-25-16-15-23(18-26(25)42-31(37)40-20(4)12-7-2)24(27(32)28(33)34)17-21(5)38-29(35)22-13-9-8-10-14-22/h15-16,18-22,24,27H,6-14,17,32H2,1-5H3,(H,33,34)/t19?,20?,21?,24?,27-/m0/s1. The van der Waals surface area contributed by atoms with E-state index in [2.05, 4.69) is 0 Å². The molecule has 0 saturated heterocycles. The van der Waals surface area contributed by atoms with Crippen molar-refractivity contribution in [2.45, 2.75) is 129 Å². The van der Waals surface area contributed by atoms with E-state index in [1.165, 1.54) is 18.2 Å². The van der Waals surface area contributed by atoms with Crippen LogP contribution < -0.4 is 15.2 Å². The molecule has 42 heavy (non-hydrogen) atoms. The fourth-order valence-electron chi connectivity index (χ4n) is 5.11. The first-order chi connectivity index (χ1) is 19.9. The highest BCUT2D eigenvalue weighted by molar-refractivity contribution is 5.75. The SMILES string of the molecule is CCCC(C)OC(=O)Oc1ccc(C(CC(C)OC(=O)C2CCCCC2)[C@H](N)C(=O)O)cc1OC(=O)OC(C)CCC. The van der Waals surface area contributed by atoms with Crippen molar-refractivity contribution in [3.63, 3.8) is 0 Å². The van der Waals surface area contributed by atoms with Crippen molar-refractivity contribution >= 4 is 24.2 Å². The number of esters is 1. The molecular weight excluding hydrogens is 546 g/mol. The summed E-state index contributed by atoms with van der Waals surface area (Å²) in [5.41, 5.74) is 6.47. The highest BCUT2D eigenvalue weighted by Crippen LogP contribution is 2.35. The van der Waals surface area contributed by atoms with Gasteiger partial charge in [-0.15, -0.1) is 0 Å². The second kappa shape index (κ2) is 17.6. The van der Waals surface area contributed by atoms with E-state index in [0.717, 1.165) is 44.9 Å². The molecular formula is C31H47NO10. The van der Waals surface area contributed by atoms with Gasteiger partial charge in [-0.25, -0.2) is 9.59 Å². The number of nitrogens with two attached hydrogens (primary N) is 1. The molecule has 11 heteroatoms. The molecule has 4 unspecified atom stereocenters. The number of carbonyl (C=O) groups is 4. The third-order valence-electron chi connectivity index (χ3n) is 7.33. The molecule has 1 saturated carbocycles. The van der Waals surface area contributed by atoms with Crippen LogP contribution in [0.4, 0.5) is 9.59 Å². The topological polar surface area (TPSA) is 161 Å². The Hall–Kier alpha value is -3.34. The van der Waals surface area contributed by atoms with Gasteiger partial charge in [0.15, 0.2) is 11.5 Å². The van der Waals surface area contributed by atoms with Gasteiger partial charge in [-0.2, -0.15) is 0 Å². The predicted molar refractivity (Wildman–Crippen MR) is 154 cm³/mol. The van der Waals surface area contributed by atoms with E-state index >= 15 is 0 Å². The summed E-state index contributed by atoms with van der Waals surface area (Å²) in [6.07, 6.45) is 4.11. The summed E-state index contributed by atoms with van der Waals surface area (Å²) in [6.45, 7) is 9.06. The minimum atomic E-state index is -1.36. The molecule has 0 aromatic heterocycles. The second-order valence-corrected chi connectivity index (χ2v) is 11.1. The quantitative estimate of drug-likeness (QED) is 0.130. The third kappa shape index (κ3) is 11.5. The Balaban J connectivity index is 2.32. The van der Waals surface area contributed by atoms with Crippen molar-refractivity contribution in [1.29, 1.82) is 0 Å². The van der Waals surface area contributed by atoms with Gasteiger partial charge < -0.3 is 34.5 Å². The molecule has 3 N–H and O–H groups in total. The van der Waals surface area contributed by atoms with Crippen molar-refractivity contribution in [2.75, 3.05) is 0 Å². The molecule has 2 rings (SSSR count). The van der Waals surface area contributed by atoms with Gasteiger partial charge in [0, 0.05) is 5.92 Å². The van der Waals surface area contributed by atoms with E-state index in [-0.39, 0.29) is 35.9 Å². The zero-order valence-corrected chi connectivity index (χ0v) is 25.5. The Labute approximate surface area is 248 Å². The number of rotatable bonds is 15. The van der Waals surface area contributed by atoms with Crippen LogP contribution >= 0.6 is 0 Å². The van der Waals surface area contributed by atoms with Gasteiger partial charge in [-0.1, -0.05) is 52.0 Å². The first kappa shape index (κ1) is 34.9. The highest BCUT2D eigenvalue weighted by atomic mass is 16.7. The number of carboxylic acid groups (broad SMARTS) is 1. The summed E-state index contributed by atoms with van der Waals surface area (Å²) in [5.74, 6) is -2.83. The van der Waals surface area contributed by atoms with E-state index in [1.54, 1.807) is 20.8 Å². The van der Waals surface area contributed by atoms with Gasteiger partial charge in [0.25, 0.3) is 0 Å². The third-order valence-corrected chi connectivity index (χ3v) is 7.33. The van der Waals surface area contributed by atoms with Gasteiger partial charge in [0.2, 0.25) is 0 Å². The van der Waals surface area contributed by atoms with Crippen LogP contribution in [0.1, 0.15) is 110 Å². The van der Waals surface area contributed by atoms with Crippen LogP contribution in [0.5, 0.6) is 11.5 Å². The van der Waals surface area contributed by atoms with Crippen LogP contribution in [-0.4, -0.2) is 53.7 Å². The number of aliphatic carboxylic acids is 1. The summed E-state index contributed by atoms with van der Waals surface area (Å²) in [4.78, 5) is 49.7. The molecule has 1 aromatic carbocycles. The Morgan fingerprint density at radius 2 is 1.38 bits per heavy atom. The fraction of sp³-hybridized carbons (Fsp3) is 0.677. The number of hydrogen-bond acceptors (Lipinski definition) is 10. The average Bonchev–Trinajstić information content (AvgIpc) is 2.92. The lowest BCUT2D eigenvalue weighted by molar-refractivity contribution is -0.155. The molecule has 5 atom stereocenters. The minimum absolute atomic E-state index is 0.0973. The minimum Gasteiger partial charge on any atom is -0.480 e. The van der Waals surface area contributed by atoms with Crippen LogP contribution in [-0.2, 0) is 23.8 Å². The normalized spacial score (nSPS) is 17.2. The number of hydrogen-bond donors (Lipinski definition) is 2. The molecule has 1 fully saturated rings. The zero-order chi connectivity index (χ0) is 31.2. The van der Waals surface area contributed by atoms with E-state index in [0.29, 0.717) is 18.4 Å². The van der Waals surface area contributed by atoms with Crippen molar-refractivity contribution in [2.24, 2.45) is 11.7 Å².